The highest BCUT2D eigenvalue weighted by molar-refractivity contribution is 6.61. The van der Waals surface area contributed by atoms with E-state index in [-0.39, 0.29) is 11.4 Å². The largest absolute Gasteiger partial charge is 0.517 e. The maximum Gasteiger partial charge on any atom is 0.517 e. The lowest BCUT2D eigenvalue weighted by molar-refractivity contribution is 0.00578. The Labute approximate surface area is 119 Å². The summed E-state index contributed by atoms with van der Waals surface area (Å²) in [6.07, 6.45) is 1.73. The lowest BCUT2D eigenvalue weighted by atomic mass is 9.82. The minimum absolute atomic E-state index is 0.236. The number of halogens is 1. The molecule has 20 heavy (non-hydrogen) atoms. The quantitative estimate of drug-likeness (QED) is 0.826. The number of nitrogens with one attached hydrogen (secondary N) is 1. The second kappa shape index (κ2) is 4.51. The Morgan fingerprint density at radius 3 is 2.30 bits per heavy atom. The van der Waals surface area contributed by atoms with E-state index in [1.807, 2.05) is 27.7 Å². The summed E-state index contributed by atoms with van der Waals surface area (Å²) in [6, 6.07) is 1.55. The fourth-order valence-corrected chi connectivity index (χ4v) is 2.34. The first-order chi connectivity index (χ1) is 9.30. The Kier molecular flexibility index (Phi) is 3.16. The van der Waals surface area contributed by atoms with Crippen molar-refractivity contribution in [3.8, 4) is 0 Å². The van der Waals surface area contributed by atoms with Crippen LogP contribution >= 0.6 is 0 Å². The molecule has 2 fully saturated rings. The van der Waals surface area contributed by atoms with E-state index in [0.717, 1.165) is 18.7 Å². The molecule has 0 aromatic carbocycles. The smallest absolute Gasteiger partial charge is 0.398 e. The van der Waals surface area contributed by atoms with Crippen LogP contribution in [-0.2, 0) is 9.31 Å². The van der Waals surface area contributed by atoms with Gasteiger partial charge < -0.3 is 14.6 Å². The SMILES string of the molecule is CC1(C)OB(c2ncc(C3CNC3)cc2F)OC1(C)C. The highest BCUT2D eigenvalue weighted by atomic mass is 19.1. The van der Waals surface area contributed by atoms with Gasteiger partial charge in [-0.2, -0.15) is 0 Å². The fourth-order valence-electron chi connectivity index (χ4n) is 2.34. The molecule has 0 unspecified atom stereocenters. The first-order valence-electron chi connectivity index (χ1n) is 7.02. The van der Waals surface area contributed by atoms with E-state index >= 15 is 0 Å². The van der Waals surface area contributed by atoms with E-state index in [0.29, 0.717) is 5.92 Å². The average Bonchev–Trinajstić information content (AvgIpc) is 2.45. The molecule has 108 valence electrons. The van der Waals surface area contributed by atoms with Crippen molar-refractivity contribution in [1.29, 1.82) is 0 Å². The first kappa shape index (κ1) is 14.0. The van der Waals surface area contributed by atoms with Gasteiger partial charge in [0, 0.05) is 25.2 Å². The molecule has 3 rings (SSSR count). The summed E-state index contributed by atoms with van der Waals surface area (Å²) in [4.78, 5) is 4.24. The molecule has 0 spiro atoms. The van der Waals surface area contributed by atoms with Crippen LogP contribution in [0.2, 0.25) is 0 Å². The molecule has 1 aromatic rings. The van der Waals surface area contributed by atoms with Crippen LogP contribution in [0.5, 0.6) is 0 Å². The normalized spacial score (nSPS) is 24.8. The van der Waals surface area contributed by atoms with E-state index in [4.69, 9.17) is 9.31 Å². The van der Waals surface area contributed by atoms with Gasteiger partial charge in [0.05, 0.1) is 11.2 Å². The molecule has 0 amide bonds. The Morgan fingerprint density at radius 2 is 1.85 bits per heavy atom. The van der Waals surface area contributed by atoms with E-state index < -0.39 is 18.3 Å². The molecule has 1 aromatic heterocycles. The minimum Gasteiger partial charge on any atom is -0.398 e. The topological polar surface area (TPSA) is 43.4 Å². The lowest BCUT2D eigenvalue weighted by Crippen LogP contribution is -2.42. The fraction of sp³-hybridized carbons (Fsp3) is 0.643. The van der Waals surface area contributed by atoms with Gasteiger partial charge in [0.2, 0.25) is 0 Å². The number of rotatable bonds is 2. The van der Waals surface area contributed by atoms with Gasteiger partial charge in [-0.15, -0.1) is 0 Å². The molecule has 0 bridgehead atoms. The predicted octanol–water partition coefficient (Wildman–Crippen LogP) is 1.21. The molecule has 2 saturated heterocycles. The highest BCUT2D eigenvalue weighted by Gasteiger charge is 2.53. The van der Waals surface area contributed by atoms with Gasteiger partial charge in [-0.05, 0) is 39.3 Å². The summed E-state index contributed by atoms with van der Waals surface area (Å²) in [5.74, 6) is 0.0113. The maximum absolute atomic E-state index is 14.3. The monoisotopic (exact) mass is 278 g/mol. The van der Waals surface area contributed by atoms with Crippen molar-refractivity contribution in [3.63, 3.8) is 0 Å². The number of hydrogen-bond donors (Lipinski definition) is 1. The van der Waals surface area contributed by atoms with Crippen molar-refractivity contribution < 1.29 is 13.7 Å². The van der Waals surface area contributed by atoms with Crippen LogP contribution in [0, 0.1) is 5.82 Å². The lowest BCUT2D eigenvalue weighted by Gasteiger charge is -2.32. The standard InChI is InChI=1S/C14H20BFN2O2/c1-13(2)14(3,4)20-15(19-13)12-11(16)5-9(8-18-12)10-6-17-7-10/h5,8,10,17H,6-7H2,1-4H3. The van der Waals surface area contributed by atoms with Crippen molar-refractivity contribution in [2.24, 2.45) is 0 Å². The predicted molar refractivity (Wildman–Crippen MR) is 75.5 cm³/mol. The molecule has 0 radical (unpaired) electrons. The van der Waals surface area contributed by atoms with Crippen molar-refractivity contribution in [2.45, 2.75) is 44.8 Å². The molecule has 2 aliphatic heterocycles. The molecule has 0 aliphatic carbocycles. The van der Waals surface area contributed by atoms with Crippen LogP contribution in [0.4, 0.5) is 4.39 Å². The summed E-state index contributed by atoms with van der Waals surface area (Å²) in [5.41, 5.74) is 0.200. The van der Waals surface area contributed by atoms with E-state index in [1.54, 1.807) is 12.3 Å². The third kappa shape index (κ3) is 2.16. The second-order valence-electron chi connectivity index (χ2n) is 6.58. The van der Waals surface area contributed by atoms with E-state index in [1.165, 1.54) is 0 Å². The van der Waals surface area contributed by atoms with Crippen LogP contribution in [0.3, 0.4) is 0 Å². The highest BCUT2D eigenvalue weighted by Crippen LogP contribution is 2.36. The maximum atomic E-state index is 14.3. The van der Waals surface area contributed by atoms with Crippen LogP contribution in [0.25, 0.3) is 0 Å². The number of hydrogen-bond acceptors (Lipinski definition) is 4. The Hall–Kier alpha value is -0.975. The molecule has 0 atom stereocenters. The zero-order valence-corrected chi connectivity index (χ0v) is 12.4. The van der Waals surface area contributed by atoms with Crippen molar-refractivity contribution in [1.82, 2.24) is 10.3 Å². The summed E-state index contributed by atoms with van der Waals surface area (Å²) in [5, 5.41) is 3.17. The van der Waals surface area contributed by atoms with E-state index in [2.05, 4.69) is 10.3 Å². The summed E-state index contributed by atoms with van der Waals surface area (Å²) in [7, 11) is -0.742. The molecule has 2 aliphatic rings. The van der Waals surface area contributed by atoms with Crippen LogP contribution < -0.4 is 10.9 Å². The summed E-state index contributed by atoms with van der Waals surface area (Å²) < 4.78 is 26.0. The molecular weight excluding hydrogens is 258 g/mol. The summed E-state index contributed by atoms with van der Waals surface area (Å²) >= 11 is 0. The van der Waals surface area contributed by atoms with Crippen LogP contribution in [-0.4, -0.2) is 36.4 Å². The van der Waals surface area contributed by atoms with Gasteiger partial charge in [0.1, 0.15) is 11.4 Å². The van der Waals surface area contributed by atoms with Crippen molar-refractivity contribution >= 4 is 12.7 Å². The van der Waals surface area contributed by atoms with Gasteiger partial charge in [0.15, 0.2) is 0 Å². The zero-order valence-electron chi connectivity index (χ0n) is 12.4. The second-order valence-corrected chi connectivity index (χ2v) is 6.58. The molecule has 3 heterocycles. The average molecular weight is 278 g/mol. The van der Waals surface area contributed by atoms with Crippen molar-refractivity contribution in [2.75, 3.05) is 13.1 Å². The van der Waals surface area contributed by atoms with Gasteiger partial charge in [-0.1, -0.05) is 0 Å². The minimum atomic E-state index is -0.742. The Morgan fingerprint density at radius 1 is 1.25 bits per heavy atom. The third-order valence-electron chi connectivity index (χ3n) is 4.62. The first-order valence-corrected chi connectivity index (χ1v) is 7.02. The molecule has 0 saturated carbocycles. The number of pyridine rings is 1. The molecular formula is C14H20BFN2O2. The van der Waals surface area contributed by atoms with Crippen molar-refractivity contribution in [3.05, 3.63) is 23.6 Å². The van der Waals surface area contributed by atoms with Crippen LogP contribution in [0.1, 0.15) is 39.2 Å². The third-order valence-corrected chi connectivity index (χ3v) is 4.62. The Bertz CT molecular complexity index is 516. The zero-order chi connectivity index (χ0) is 14.5. The van der Waals surface area contributed by atoms with E-state index in [9.17, 15) is 4.39 Å². The molecule has 1 N–H and O–H groups in total. The number of aromatic nitrogens is 1. The van der Waals surface area contributed by atoms with Gasteiger partial charge in [-0.25, -0.2) is 4.39 Å². The van der Waals surface area contributed by atoms with Gasteiger partial charge in [-0.3, -0.25) is 4.98 Å². The number of nitrogens with zero attached hydrogens (tertiary/aromatic N) is 1. The molecule has 6 heteroatoms. The Balaban J connectivity index is 1.85. The van der Waals surface area contributed by atoms with Gasteiger partial charge >= 0.3 is 7.12 Å². The molecule has 4 nitrogen and oxygen atoms in total. The van der Waals surface area contributed by atoms with Gasteiger partial charge in [0.25, 0.3) is 0 Å². The summed E-state index contributed by atoms with van der Waals surface area (Å²) in [6.45, 7) is 9.55. The van der Waals surface area contributed by atoms with Crippen LogP contribution in [0.15, 0.2) is 12.3 Å².